The quantitative estimate of drug-likeness (QED) is 0.753. The summed E-state index contributed by atoms with van der Waals surface area (Å²) in [7, 11) is -3.46. The molecule has 2 rings (SSSR count). The van der Waals surface area contributed by atoms with Gasteiger partial charge in [0.2, 0.25) is 0 Å². The third kappa shape index (κ3) is 5.09. The fourth-order valence-electron chi connectivity index (χ4n) is 2.57. The highest BCUT2D eigenvalue weighted by Crippen LogP contribution is 2.20. The number of carbonyl (C=O) groups is 1. The van der Waals surface area contributed by atoms with Crippen LogP contribution in [-0.4, -0.2) is 24.6 Å². The molecule has 0 unspecified atom stereocenters. The lowest BCUT2D eigenvalue weighted by Gasteiger charge is -2.15. The van der Waals surface area contributed by atoms with Crippen molar-refractivity contribution in [2.75, 3.05) is 5.75 Å². The SMILES string of the molecule is CC(C)CS(=O)(=O)c1ccccc1Cn1cc(Cl)cc(C(N)=O)c1=N.Cl. The summed E-state index contributed by atoms with van der Waals surface area (Å²) in [4.78, 5) is 11.7. The Labute approximate surface area is 163 Å². The minimum absolute atomic E-state index is 0. The van der Waals surface area contributed by atoms with E-state index in [0.29, 0.717) is 5.56 Å². The van der Waals surface area contributed by atoms with E-state index >= 15 is 0 Å². The van der Waals surface area contributed by atoms with Crippen molar-refractivity contribution in [2.24, 2.45) is 11.7 Å². The summed E-state index contributed by atoms with van der Waals surface area (Å²) in [6, 6.07) is 7.95. The van der Waals surface area contributed by atoms with Crippen LogP contribution >= 0.6 is 24.0 Å². The van der Waals surface area contributed by atoms with Crippen LogP contribution in [0.2, 0.25) is 5.02 Å². The van der Waals surface area contributed by atoms with Crippen LogP contribution in [0.25, 0.3) is 0 Å². The second kappa shape index (κ2) is 8.70. The highest BCUT2D eigenvalue weighted by molar-refractivity contribution is 7.91. The second-order valence-electron chi connectivity index (χ2n) is 6.20. The highest BCUT2D eigenvalue weighted by atomic mass is 35.5. The van der Waals surface area contributed by atoms with Crippen LogP contribution in [0.3, 0.4) is 0 Å². The minimum atomic E-state index is -3.46. The van der Waals surface area contributed by atoms with Crippen LogP contribution in [0, 0.1) is 11.3 Å². The summed E-state index contributed by atoms with van der Waals surface area (Å²) in [6.07, 6.45) is 1.47. The Morgan fingerprint density at radius 1 is 1.31 bits per heavy atom. The number of halogens is 2. The number of nitrogens with zero attached hydrogens (tertiary/aromatic N) is 1. The van der Waals surface area contributed by atoms with E-state index in [4.69, 9.17) is 22.7 Å². The normalized spacial score (nSPS) is 11.2. The lowest BCUT2D eigenvalue weighted by Crippen LogP contribution is -2.30. The van der Waals surface area contributed by atoms with Gasteiger partial charge in [0.25, 0.3) is 5.91 Å². The molecule has 1 aromatic heterocycles. The van der Waals surface area contributed by atoms with Crippen LogP contribution in [-0.2, 0) is 16.4 Å². The van der Waals surface area contributed by atoms with Crippen molar-refractivity contribution in [3.63, 3.8) is 0 Å². The number of nitrogens with two attached hydrogens (primary N) is 1. The largest absolute Gasteiger partial charge is 0.365 e. The number of carbonyl (C=O) groups excluding carboxylic acids is 1. The maximum absolute atomic E-state index is 12.6. The fourth-order valence-corrected chi connectivity index (χ4v) is 4.68. The van der Waals surface area contributed by atoms with E-state index in [9.17, 15) is 13.2 Å². The Morgan fingerprint density at radius 2 is 1.92 bits per heavy atom. The van der Waals surface area contributed by atoms with Gasteiger partial charge < -0.3 is 10.3 Å². The van der Waals surface area contributed by atoms with Crippen LogP contribution in [0.15, 0.2) is 41.4 Å². The molecular weight excluding hydrogens is 397 g/mol. The van der Waals surface area contributed by atoms with Gasteiger partial charge in [-0.05, 0) is 23.6 Å². The van der Waals surface area contributed by atoms with Gasteiger partial charge in [-0.1, -0.05) is 43.6 Å². The molecule has 0 atom stereocenters. The molecule has 0 saturated carbocycles. The first-order valence-corrected chi connectivity index (χ1v) is 9.70. The summed E-state index contributed by atoms with van der Waals surface area (Å²) in [5.41, 5.74) is 5.66. The van der Waals surface area contributed by atoms with E-state index < -0.39 is 15.7 Å². The number of nitrogens with one attached hydrogen (secondary N) is 1. The predicted octanol–water partition coefficient (Wildman–Crippen LogP) is 2.62. The molecule has 0 saturated heterocycles. The fraction of sp³-hybridized carbons (Fsp3) is 0.294. The predicted molar refractivity (Wildman–Crippen MR) is 103 cm³/mol. The molecule has 3 N–H and O–H groups in total. The van der Waals surface area contributed by atoms with Gasteiger partial charge in [0.1, 0.15) is 5.49 Å². The first-order chi connectivity index (χ1) is 11.6. The molecule has 0 spiro atoms. The summed E-state index contributed by atoms with van der Waals surface area (Å²) >= 11 is 6.00. The zero-order valence-electron chi connectivity index (χ0n) is 14.4. The number of hydrogen-bond donors (Lipinski definition) is 2. The van der Waals surface area contributed by atoms with Gasteiger partial charge in [0.15, 0.2) is 9.84 Å². The van der Waals surface area contributed by atoms with Crippen molar-refractivity contribution >= 4 is 39.8 Å². The molecule has 0 bridgehead atoms. The molecule has 1 amide bonds. The van der Waals surface area contributed by atoms with Crippen molar-refractivity contribution in [1.29, 1.82) is 5.41 Å². The van der Waals surface area contributed by atoms with E-state index in [1.54, 1.807) is 24.3 Å². The van der Waals surface area contributed by atoms with Gasteiger partial charge >= 0.3 is 0 Å². The molecular formula is C17H21Cl2N3O3S. The number of aromatic nitrogens is 1. The van der Waals surface area contributed by atoms with Gasteiger partial charge in [0, 0.05) is 6.20 Å². The standard InChI is InChI=1S/C17H20ClN3O3S.ClH/c1-11(2)10-25(23,24)15-6-4-3-5-12(15)8-21-9-13(18)7-14(16(21)19)17(20)22;/h3-7,9,11,19H,8,10H2,1-2H3,(H2,20,22);1H. The number of benzene rings is 1. The minimum Gasteiger partial charge on any atom is -0.365 e. The molecule has 1 heterocycles. The summed E-state index contributed by atoms with van der Waals surface area (Å²) in [6.45, 7) is 3.77. The summed E-state index contributed by atoms with van der Waals surface area (Å²) in [5, 5.41) is 8.36. The third-order valence-corrected chi connectivity index (χ3v) is 5.95. The summed E-state index contributed by atoms with van der Waals surface area (Å²) in [5.74, 6) is -0.739. The Kier molecular flexibility index (Phi) is 7.44. The zero-order valence-corrected chi connectivity index (χ0v) is 16.8. The second-order valence-corrected chi connectivity index (χ2v) is 8.63. The van der Waals surface area contributed by atoms with E-state index in [0.717, 1.165) is 0 Å². The van der Waals surface area contributed by atoms with Gasteiger partial charge in [-0.25, -0.2) is 8.42 Å². The Morgan fingerprint density at radius 3 is 2.50 bits per heavy atom. The topological polar surface area (TPSA) is 106 Å². The number of amides is 1. The number of rotatable bonds is 6. The lowest BCUT2D eigenvalue weighted by molar-refractivity contribution is 0.0997. The van der Waals surface area contributed by atoms with Crippen molar-refractivity contribution in [3.8, 4) is 0 Å². The molecule has 0 fully saturated rings. The molecule has 9 heteroatoms. The molecule has 2 aromatic rings. The number of sulfone groups is 1. The first-order valence-electron chi connectivity index (χ1n) is 7.67. The van der Waals surface area contributed by atoms with Crippen LogP contribution in [0.5, 0.6) is 0 Å². The molecule has 0 aliphatic rings. The number of hydrogen-bond acceptors (Lipinski definition) is 4. The van der Waals surface area contributed by atoms with Crippen molar-refractivity contribution < 1.29 is 13.2 Å². The van der Waals surface area contributed by atoms with Gasteiger partial charge in [-0.2, -0.15) is 0 Å². The average molecular weight is 418 g/mol. The highest BCUT2D eigenvalue weighted by Gasteiger charge is 2.20. The first kappa shape index (κ1) is 22.2. The Balaban J connectivity index is 0.00000338. The van der Waals surface area contributed by atoms with E-state index in [-0.39, 0.29) is 51.6 Å². The van der Waals surface area contributed by atoms with Crippen molar-refractivity contribution in [2.45, 2.75) is 25.3 Å². The van der Waals surface area contributed by atoms with Crippen molar-refractivity contribution in [3.05, 3.63) is 58.2 Å². The van der Waals surface area contributed by atoms with E-state index in [1.165, 1.54) is 16.8 Å². The molecule has 26 heavy (non-hydrogen) atoms. The molecule has 142 valence electrons. The van der Waals surface area contributed by atoms with Gasteiger partial charge in [-0.3, -0.25) is 10.2 Å². The van der Waals surface area contributed by atoms with E-state index in [1.807, 2.05) is 13.8 Å². The summed E-state index contributed by atoms with van der Waals surface area (Å²) < 4.78 is 26.7. The molecule has 0 aliphatic carbocycles. The lowest BCUT2D eigenvalue weighted by atomic mass is 10.2. The number of pyridine rings is 1. The third-order valence-electron chi connectivity index (χ3n) is 3.57. The maximum Gasteiger partial charge on any atom is 0.252 e. The Bertz CT molecular complexity index is 969. The molecule has 0 radical (unpaired) electrons. The van der Waals surface area contributed by atoms with Crippen molar-refractivity contribution in [1.82, 2.24) is 4.57 Å². The smallest absolute Gasteiger partial charge is 0.252 e. The van der Waals surface area contributed by atoms with Crippen LogP contribution in [0.4, 0.5) is 0 Å². The Hall–Kier alpha value is -1.83. The van der Waals surface area contributed by atoms with Crippen LogP contribution < -0.4 is 11.2 Å². The van der Waals surface area contributed by atoms with Gasteiger partial charge in [0.05, 0.1) is 27.8 Å². The molecule has 1 aromatic carbocycles. The van der Waals surface area contributed by atoms with E-state index in [2.05, 4.69) is 0 Å². The maximum atomic E-state index is 12.6. The zero-order chi connectivity index (χ0) is 18.8. The average Bonchev–Trinajstić information content (AvgIpc) is 2.49. The number of primary amides is 1. The van der Waals surface area contributed by atoms with Gasteiger partial charge in [-0.15, -0.1) is 12.4 Å². The van der Waals surface area contributed by atoms with Crippen LogP contribution in [0.1, 0.15) is 29.8 Å². The molecule has 6 nitrogen and oxygen atoms in total. The monoisotopic (exact) mass is 417 g/mol. The molecule has 0 aliphatic heterocycles.